The molecule has 1 saturated carbocycles. The van der Waals surface area contributed by atoms with Crippen LogP contribution in [0.4, 0.5) is 5.69 Å². The van der Waals surface area contributed by atoms with Crippen molar-refractivity contribution < 1.29 is 18.0 Å². The van der Waals surface area contributed by atoms with Crippen LogP contribution in [0.3, 0.4) is 0 Å². The average Bonchev–Trinajstić information content (AvgIpc) is 2.97. The molecular weight excluding hydrogens is 593 g/mol. The summed E-state index contributed by atoms with van der Waals surface area (Å²) in [6.07, 6.45) is 5.45. The summed E-state index contributed by atoms with van der Waals surface area (Å²) in [5.74, 6) is -0.742. The van der Waals surface area contributed by atoms with Crippen LogP contribution in [0.25, 0.3) is 0 Å². The fourth-order valence-electron chi connectivity index (χ4n) is 5.37. The molecule has 7 nitrogen and oxygen atoms in total. The number of aryl methyl sites for hydroxylation is 1. The highest BCUT2D eigenvalue weighted by atomic mass is 35.5. The lowest BCUT2D eigenvalue weighted by Gasteiger charge is -2.34. The number of carbonyl (C=O) groups excluding carboxylic acids is 2. The molecule has 0 heterocycles. The topological polar surface area (TPSA) is 86.8 Å². The number of nitrogens with zero attached hydrogens (tertiary/aromatic N) is 2. The van der Waals surface area contributed by atoms with E-state index in [-0.39, 0.29) is 39.1 Å². The molecule has 10 heteroatoms. The van der Waals surface area contributed by atoms with Crippen molar-refractivity contribution in [2.75, 3.05) is 10.8 Å². The van der Waals surface area contributed by atoms with Gasteiger partial charge in [0, 0.05) is 22.6 Å². The van der Waals surface area contributed by atoms with Crippen LogP contribution in [-0.2, 0) is 26.2 Å². The molecule has 0 bridgehead atoms. The van der Waals surface area contributed by atoms with Gasteiger partial charge in [0.05, 0.1) is 10.6 Å². The number of carbonyl (C=O) groups is 2. The fraction of sp³-hybridized carbons (Fsp3) is 0.375. The highest BCUT2D eigenvalue weighted by Gasteiger charge is 2.34. The first-order valence-corrected chi connectivity index (χ1v) is 16.5. The summed E-state index contributed by atoms with van der Waals surface area (Å²) < 4.78 is 28.9. The van der Waals surface area contributed by atoms with Crippen LogP contribution in [0.15, 0.2) is 77.7 Å². The lowest BCUT2D eigenvalue weighted by molar-refractivity contribution is -0.140. The number of hydrogen-bond donors (Lipinski definition) is 1. The number of hydrogen-bond acceptors (Lipinski definition) is 4. The van der Waals surface area contributed by atoms with Gasteiger partial charge in [-0.1, -0.05) is 91.9 Å². The monoisotopic (exact) mass is 629 g/mol. The number of nitrogens with one attached hydrogen (secondary N) is 1. The van der Waals surface area contributed by atoms with E-state index in [1.807, 2.05) is 38.1 Å². The molecule has 0 saturated heterocycles. The zero-order valence-electron chi connectivity index (χ0n) is 23.9. The molecule has 1 aliphatic rings. The maximum atomic E-state index is 14.3. The van der Waals surface area contributed by atoms with E-state index in [9.17, 15) is 18.0 Å². The normalized spacial score (nSPS) is 14.7. The molecule has 224 valence electrons. The van der Waals surface area contributed by atoms with Gasteiger partial charge < -0.3 is 10.2 Å². The molecule has 1 unspecified atom stereocenters. The van der Waals surface area contributed by atoms with Gasteiger partial charge in [0.1, 0.15) is 12.6 Å². The van der Waals surface area contributed by atoms with Gasteiger partial charge in [0.25, 0.3) is 10.0 Å². The molecule has 0 aliphatic heterocycles. The van der Waals surface area contributed by atoms with Gasteiger partial charge >= 0.3 is 0 Å². The van der Waals surface area contributed by atoms with Crippen LogP contribution in [0.1, 0.15) is 56.6 Å². The highest BCUT2D eigenvalue weighted by molar-refractivity contribution is 7.92. The predicted molar refractivity (Wildman–Crippen MR) is 168 cm³/mol. The van der Waals surface area contributed by atoms with Crippen molar-refractivity contribution in [1.29, 1.82) is 0 Å². The molecule has 1 N–H and O–H groups in total. The Balaban J connectivity index is 1.73. The van der Waals surface area contributed by atoms with Crippen LogP contribution >= 0.6 is 23.2 Å². The lowest BCUT2D eigenvalue weighted by Crippen LogP contribution is -2.54. The second-order valence-corrected chi connectivity index (χ2v) is 13.4. The van der Waals surface area contributed by atoms with Gasteiger partial charge in [-0.25, -0.2) is 8.42 Å². The average molecular weight is 631 g/mol. The lowest BCUT2D eigenvalue weighted by atomic mass is 9.95. The summed E-state index contributed by atoms with van der Waals surface area (Å²) in [7, 11) is -4.20. The zero-order valence-corrected chi connectivity index (χ0v) is 26.3. The first-order valence-electron chi connectivity index (χ1n) is 14.3. The maximum absolute atomic E-state index is 14.3. The number of benzene rings is 3. The van der Waals surface area contributed by atoms with Crippen LogP contribution in [0.5, 0.6) is 0 Å². The summed E-state index contributed by atoms with van der Waals surface area (Å²) >= 11 is 12.5. The van der Waals surface area contributed by atoms with Crippen LogP contribution < -0.4 is 9.62 Å². The van der Waals surface area contributed by atoms with E-state index in [1.165, 1.54) is 35.2 Å². The molecule has 4 rings (SSSR count). The Morgan fingerprint density at radius 1 is 0.929 bits per heavy atom. The molecule has 1 fully saturated rings. The quantitative estimate of drug-likeness (QED) is 0.254. The predicted octanol–water partition coefficient (Wildman–Crippen LogP) is 6.75. The van der Waals surface area contributed by atoms with Gasteiger partial charge in [0.15, 0.2) is 0 Å². The van der Waals surface area contributed by atoms with Crippen LogP contribution in [-0.4, -0.2) is 43.8 Å². The number of rotatable bonds is 11. The molecule has 0 spiro atoms. The van der Waals surface area contributed by atoms with E-state index in [4.69, 9.17) is 23.2 Å². The molecule has 1 aliphatic carbocycles. The Hall–Kier alpha value is -3.07. The molecular formula is C32H37Cl2N3O4S. The number of sulfonamides is 1. The minimum atomic E-state index is -4.20. The largest absolute Gasteiger partial charge is 0.352 e. The highest BCUT2D eigenvalue weighted by Crippen LogP contribution is 2.30. The van der Waals surface area contributed by atoms with Gasteiger partial charge in [-0.15, -0.1) is 0 Å². The van der Waals surface area contributed by atoms with Gasteiger partial charge in [-0.2, -0.15) is 0 Å². The third-order valence-electron chi connectivity index (χ3n) is 7.68. The molecule has 3 aromatic rings. The van der Waals surface area contributed by atoms with Crippen molar-refractivity contribution in [2.24, 2.45) is 0 Å². The van der Waals surface area contributed by atoms with Crippen molar-refractivity contribution in [3.63, 3.8) is 0 Å². The number of amides is 2. The summed E-state index contributed by atoms with van der Waals surface area (Å²) in [6.45, 7) is 3.41. The second kappa shape index (κ2) is 14.4. The summed E-state index contributed by atoms with van der Waals surface area (Å²) in [6, 6.07) is 19.2. The summed E-state index contributed by atoms with van der Waals surface area (Å²) in [5, 5.41) is 3.62. The van der Waals surface area contributed by atoms with Gasteiger partial charge in [-0.05, 0) is 67.6 Å². The first-order chi connectivity index (χ1) is 20.1. The minimum absolute atomic E-state index is 0.0152. The number of halogens is 2. The summed E-state index contributed by atoms with van der Waals surface area (Å²) in [5.41, 5.74) is 1.99. The van der Waals surface area contributed by atoms with Crippen molar-refractivity contribution in [1.82, 2.24) is 10.2 Å². The van der Waals surface area contributed by atoms with Crippen LogP contribution in [0, 0.1) is 6.92 Å². The Morgan fingerprint density at radius 3 is 2.17 bits per heavy atom. The summed E-state index contributed by atoms with van der Waals surface area (Å²) in [4.78, 5) is 29.4. The van der Waals surface area contributed by atoms with Gasteiger partial charge in [0.2, 0.25) is 11.8 Å². The first kappa shape index (κ1) is 31.9. The van der Waals surface area contributed by atoms with Gasteiger partial charge in [-0.3, -0.25) is 13.9 Å². The maximum Gasteiger partial charge on any atom is 0.264 e. The van der Waals surface area contributed by atoms with Crippen molar-refractivity contribution in [3.05, 3.63) is 94.0 Å². The van der Waals surface area contributed by atoms with E-state index in [0.29, 0.717) is 6.42 Å². The third-order valence-corrected chi connectivity index (χ3v) is 9.91. The third kappa shape index (κ3) is 7.85. The van der Waals surface area contributed by atoms with Crippen molar-refractivity contribution >= 4 is 50.7 Å². The van der Waals surface area contributed by atoms with E-state index in [1.54, 1.807) is 18.2 Å². The van der Waals surface area contributed by atoms with E-state index in [2.05, 4.69) is 5.32 Å². The van der Waals surface area contributed by atoms with E-state index < -0.39 is 28.5 Å². The minimum Gasteiger partial charge on any atom is -0.352 e. The Kier molecular flexibility index (Phi) is 10.9. The van der Waals surface area contributed by atoms with E-state index >= 15 is 0 Å². The molecule has 0 aromatic heterocycles. The molecule has 1 atom stereocenters. The molecule has 42 heavy (non-hydrogen) atoms. The SMILES string of the molecule is CCC(C(=O)NC1CCCCC1)N(Cc1ccccc1C)C(=O)CN(c1cc(Cl)cc(Cl)c1)S(=O)(=O)c1ccccc1. The van der Waals surface area contributed by atoms with Crippen molar-refractivity contribution in [2.45, 2.75) is 75.9 Å². The molecule has 2 amide bonds. The Morgan fingerprint density at radius 2 is 1.55 bits per heavy atom. The van der Waals surface area contributed by atoms with Crippen LogP contribution in [0.2, 0.25) is 10.0 Å². The standard InChI is InChI=1S/C32H37Cl2N3O4S/c1-3-30(32(39)35-27-14-6-4-7-15-27)36(21-24-13-11-10-12-23(24)2)31(38)22-37(28-19-25(33)18-26(34)20-28)42(40,41)29-16-8-5-9-17-29/h5,8-13,16-20,27,30H,3-4,6-7,14-15,21-22H2,1-2H3,(H,35,39). The van der Waals surface area contributed by atoms with E-state index in [0.717, 1.165) is 47.5 Å². The smallest absolute Gasteiger partial charge is 0.264 e. The fourth-order valence-corrected chi connectivity index (χ4v) is 7.30. The Labute approximate surface area is 258 Å². The number of anilines is 1. The zero-order chi connectivity index (χ0) is 30.3. The second-order valence-electron chi connectivity index (χ2n) is 10.7. The Bertz CT molecular complexity index is 1470. The molecule has 3 aromatic carbocycles. The van der Waals surface area contributed by atoms with Crippen molar-refractivity contribution in [3.8, 4) is 0 Å². The molecule has 0 radical (unpaired) electrons.